The van der Waals surface area contributed by atoms with Gasteiger partial charge in [-0.15, -0.1) is 0 Å². The number of nitrogens with zero attached hydrogens (tertiary/aromatic N) is 1. The van der Waals surface area contributed by atoms with Crippen LogP contribution in [-0.2, 0) is 6.42 Å². The van der Waals surface area contributed by atoms with Crippen molar-refractivity contribution in [2.75, 3.05) is 14.1 Å². The molecule has 0 fully saturated rings. The average Bonchev–Trinajstić information content (AvgIpc) is 2.73. The van der Waals surface area contributed by atoms with E-state index in [4.69, 9.17) is 9.15 Å². The van der Waals surface area contributed by atoms with Crippen LogP contribution in [0.3, 0.4) is 0 Å². The molecule has 2 aromatic carbocycles. The molecule has 1 aromatic heterocycles. The lowest BCUT2D eigenvalue weighted by Gasteiger charge is -2.14. The highest BCUT2D eigenvalue weighted by Gasteiger charge is 2.19. The Labute approximate surface area is 169 Å². The summed E-state index contributed by atoms with van der Waals surface area (Å²) >= 11 is 0. The molecule has 0 bridgehead atoms. The third kappa shape index (κ3) is 4.71. The number of carbonyl (C=O) groups is 2. The van der Waals surface area contributed by atoms with E-state index in [1.54, 1.807) is 6.07 Å². The summed E-state index contributed by atoms with van der Waals surface area (Å²) in [5, 5.41) is 0.632. The highest BCUT2D eigenvalue weighted by molar-refractivity contribution is 5.99. The fourth-order valence-electron chi connectivity index (χ4n) is 2.85. The molecule has 0 saturated heterocycles. The monoisotopic (exact) mass is 395 g/mol. The second kappa shape index (κ2) is 9.68. The maximum atomic E-state index is 12.6. The zero-order chi connectivity index (χ0) is 21.6. The van der Waals surface area contributed by atoms with Crippen molar-refractivity contribution in [1.29, 1.82) is 0 Å². The lowest BCUT2D eigenvalue weighted by Crippen LogP contribution is -2.25. The number of fused-ring (bicyclic) bond motifs is 1. The third-order valence-electron chi connectivity index (χ3n) is 4.36. The first-order valence-electron chi connectivity index (χ1n) is 9.40. The Morgan fingerprint density at radius 3 is 2.34 bits per heavy atom. The molecule has 6 heteroatoms. The van der Waals surface area contributed by atoms with Crippen LogP contribution in [0, 0.1) is 6.92 Å². The number of carbonyl (C=O) groups excluding carboxylic acids is 2. The number of hydrogen-bond acceptors (Lipinski definition) is 5. The largest absolute Gasteiger partial charge is 0.422 e. The maximum Gasteiger partial charge on any atom is 0.414 e. The van der Waals surface area contributed by atoms with Crippen molar-refractivity contribution in [3.05, 3.63) is 75.1 Å². The minimum Gasteiger partial charge on any atom is -0.422 e. The number of hydrogen-bond donors (Lipinski definition) is 0. The molecule has 0 aliphatic carbocycles. The molecule has 3 aromatic rings. The summed E-state index contributed by atoms with van der Waals surface area (Å²) in [6, 6.07) is 12.8. The van der Waals surface area contributed by atoms with Gasteiger partial charge in [0.2, 0.25) is 0 Å². The zero-order valence-corrected chi connectivity index (χ0v) is 17.3. The molecule has 0 spiro atoms. The molecule has 0 radical (unpaired) electrons. The summed E-state index contributed by atoms with van der Waals surface area (Å²) in [4.78, 5) is 37.2. The number of rotatable bonds is 4. The second-order valence-corrected chi connectivity index (χ2v) is 6.39. The zero-order valence-electron chi connectivity index (χ0n) is 17.3. The van der Waals surface area contributed by atoms with E-state index in [1.807, 2.05) is 51.1 Å². The van der Waals surface area contributed by atoms with Gasteiger partial charge in [0, 0.05) is 31.5 Å². The fraction of sp³-hybridized carbons (Fsp3) is 0.261. The first-order valence-corrected chi connectivity index (χ1v) is 9.40. The van der Waals surface area contributed by atoms with Crippen molar-refractivity contribution in [2.24, 2.45) is 0 Å². The first kappa shape index (κ1) is 21.9. The van der Waals surface area contributed by atoms with Crippen LogP contribution in [0.2, 0.25) is 0 Å². The van der Waals surface area contributed by atoms with E-state index < -0.39 is 11.7 Å². The van der Waals surface area contributed by atoms with Crippen LogP contribution < -0.4 is 10.4 Å². The van der Waals surface area contributed by atoms with Gasteiger partial charge in [-0.05, 0) is 30.2 Å². The van der Waals surface area contributed by atoms with E-state index in [0.717, 1.165) is 11.1 Å². The Morgan fingerprint density at radius 1 is 1.10 bits per heavy atom. The first-order chi connectivity index (χ1) is 13.9. The van der Waals surface area contributed by atoms with E-state index in [0.29, 0.717) is 23.7 Å². The summed E-state index contributed by atoms with van der Waals surface area (Å²) in [5.74, 6) is 0.0505. The number of aldehydes is 1. The van der Waals surface area contributed by atoms with Gasteiger partial charge in [-0.25, -0.2) is 9.59 Å². The van der Waals surface area contributed by atoms with Crippen LogP contribution >= 0.6 is 0 Å². The van der Waals surface area contributed by atoms with Gasteiger partial charge in [-0.1, -0.05) is 44.2 Å². The van der Waals surface area contributed by atoms with Crippen LogP contribution in [0.15, 0.2) is 51.7 Å². The van der Waals surface area contributed by atoms with Gasteiger partial charge in [-0.2, -0.15) is 0 Å². The van der Waals surface area contributed by atoms with Gasteiger partial charge < -0.3 is 14.1 Å². The Morgan fingerprint density at radius 2 is 1.76 bits per heavy atom. The summed E-state index contributed by atoms with van der Waals surface area (Å²) in [7, 11) is 3.06. The maximum absolute atomic E-state index is 12.6. The Bertz CT molecular complexity index is 1070. The molecule has 29 heavy (non-hydrogen) atoms. The molecule has 1 amide bonds. The fourth-order valence-corrected chi connectivity index (χ4v) is 2.85. The molecule has 0 N–H and O–H groups in total. The minimum absolute atomic E-state index is 0.0363. The van der Waals surface area contributed by atoms with Gasteiger partial charge in [0.15, 0.2) is 11.9 Å². The van der Waals surface area contributed by atoms with Crippen molar-refractivity contribution >= 4 is 23.3 Å². The number of benzene rings is 2. The molecule has 0 aliphatic rings. The molecule has 0 unspecified atom stereocenters. The van der Waals surface area contributed by atoms with Gasteiger partial charge >= 0.3 is 11.7 Å². The topological polar surface area (TPSA) is 76.8 Å². The number of amides is 1. The van der Waals surface area contributed by atoms with Crippen molar-refractivity contribution in [3.8, 4) is 5.75 Å². The molecule has 0 saturated carbocycles. The molecule has 1 heterocycles. The van der Waals surface area contributed by atoms with E-state index in [9.17, 15) is 14.4 Å². The van der Waals surface area contributed by atoms with Crippen molar-refractivity contribution in [1.82, 2.24) is 4.90 Å². The SMILES string of the molecule is CC.Cc1c(Cc2ccccc2)c(=O)oc2c(C=O)c(OC(=O)N(C)C)ccc12. The lowest BCUT2D eigenvalue weighted by molar-refractivity contribution is 0.112. The normalized spacial score (nSPS) is 10.1. The summed E-state index contributed by atoms with van der Waals surface area (Å²) < 4.78 is 10.7. The quantitative estimate of drug-likeness (QED) is 0.477. The van der Waals surface area contributed by atoms with Crippen molar-refractivity contribution in [2.45, 2.75) is 27.2 Å². The average molecular weight is 395 g/mol. The van der Waals surface area contributed by atoms with Crippen LogP contribution in [0.1, 0.15) is 40.9 Å². The summed E-state index contributed by atoms with van der Waals surface area (Å²) in [6.45, 7) is 5.82. The minimum atomic E-state index is -0.628. The standard InChI is InChI=1S/C21H19NO5.C2H6/c1-13-15-9-10-18(26-21(25)22(2)3)17(12-23)19(15)27-20(24)16(13)11-14-7-5-4-6-8-14;1-2/h4-10,12H,11H2,1-3H3;1-2H3. The van der Waals surface area contributed by atoms with Crippen molar-refractivity contribution < 1.29 is 18.7 Å². The van der Waals surface area contributed by atoms with E-state index in [1.165, 1.54) is 25.1 Å². The van der Waals surface area contributed by atoms with Gasteiger partial charge in [0.1, 0.15) is 11.3 Å². The predicted molar refractivity (Wildman–Crippen MR) is 113 cm³/mol. The third-order valence-corrected chi connectivity index (χ3v) is 4.36. The summed E-state index contributed by atoms with van der Waals surface area (Å²) in [6.07, 6.45) is 0.329. The van der Waals surface area contributed by atoms with Crippen LogP contribution in [-0.4, -0.2) is 31.4 Å². The van der Waals surface area contributed by atoms with E-state index >= 15 is 0 Å². The highest BCUT2D eigenvalue weighted by Crippen LogP contribution is 2.29. The highest BCUT2D eigenvalue weighted by atomic mass is 16.6. The molecule has 152 valence electrons. The second-order valence-electron chi connectivity index (χ2n) is 6.39. The molecule has 0 aliphatic heterocycles. The van der Waals surface area contributed by atoms with E-state index in [-0.39, 0.29) is 16.9 Å². The van der Waals surface area contributed by atoms with Crippen LogP contribution in [0.25, 0.3) is 11.0 Å². The Balaban J connectivity index is 0.00000145. The molecule has 6 nitrogen and oxygen atoms in total. The molecular formula is C23H25NO5. The molecule has 3 rings (SSSR count). The number of aryl methyl sites for hydroxylation is 1. The predicted octanol–water partition coefficient (Wildman–Crippen LogP) is 4.59. The Hall–Kier alpha value is -3.41. The van der Waals surface area contributed by atoms with Gasteiger partial charge in [0.25, 0.3) is 0 Å². The molecule has 0 atom stereocenters. The lowest BCUT2D eigenvalue weighted by atomic mass is 9.98. The van der Waals surface area contributed by atoms with Gasteiger partial charge in [-0.3, -0.25) is 4.79 Å². The van der Waals surface area contributed by atoms with E-state index in [2.05, 4.69) is 0 Å². The van der Waals surface area contributed by atoms with Crippen LogP contribution in [0.5, 0.6) is 5.75 Å². The number of ether oxygens (including phenoxy) is 1. The van der Waals surface area contributed by atoms with Crippen molar-refractivity contribution in [3.63, 3.8) is 0 Å². The van der Waals surface area contributed by atoms with Crippen LogP contribution in [0.4, 0.5) is 4.79 Å². The summed E-state index contributed by atoms with van der Waals surface area (Å²) in [5.41, 5.74) is 1.90. The molecular weight excluding hydrogens is 370 g/mol. The Kier molecular flexibility index (Phi) is 7.31. The smallest absolute Gasteiger partial charge is 0.414 e. The van der Waals surface area contributed by atoms with Gasteiger partial charge in [0.05, 0.1) is 0 Å².